The molecule has 1 aromatic rings. The summed E-state index contributed by atoms with van der Waals surface area (Å²) < 4.78 is 30.0. The number of methoxy groups -OCH3 is 1. The highest BCUT2D eigenvalue weighted by Gasteiger charge is 2.25. The highest BCUT2D eigenvalue weighted by Crippen LogP contribution is 2.29. The summed E-state index contributed by atoms with van der Waals surface area (Å²) in [4.78, 5) is 14.2. The van der Waals surface area contributed by atoms with Gasteiger partial charge in [0.2, 0.25) is 0 Å². The molecule has 4 nitrogen and oxygen atoms in total. The van der Waals surface area contributed by atoms with Crippen molar-refractivity contribution in [3.8, 4) is 5.75 Å². The first kappa shape index (κ1) is 12.1. The first-order chi connectivity index (χ1) is 6.97. The van der Waals surface area contributed by atoms with Crippen LogP contribution in [0.5, 0.6) is 5.75 Å². The first-order valence-electron chi connectivity index (χ1n) is 3.73. The Labute approximate surface area is 97.4 Å². The van der Waals surface area contributed by atoms with E-state index in [4.69, 9.17) is 9.84 Å². The Bertz CT molecular complexity index is 398. The maximum Gasteiger partial charge on any atom is 0.341 e. The number of aromatic nitrogens is 1. The maximum absolute atomic E-state index is 12.5. The molecular formula is C8H6F2INO3. The third kappa shape index (κ3) is 2.52. The molecule has 0 spiro atoms. The average Bonchev–Trinajstić information content (AvgIpc) is 2.15. The van der Waals surface area contributed by atoms with Crippen LogP contribution in [-0.4, -0.2) is 23.2 Å². The van der Waals surface area contributed by atoms with E-state index in [9.17, 15) is 13.6 Å². The van der Waals surface area contributed by atoms with Crippen LogP contribution in [0.25, 0.3) is 0 Å². The van der Waals surface area contributed by atoms with Crippen LogP contribution in [0.1, 0.15) is 22.5 Å². The maximum atomic E-state index is 12.5. The van der Waals surface area contributed by atoms with Crippen LogP contribution in [0.3, 0.4) is 0 Å². The number of pyridine rings is 1. The van der Waals surface area contributed by atoms with Gasteiger partial charge in [-0.05, 0) is 22.6 Å². The molecule has 0 aromatic carbocycles. The number of carboxylic acid groups (broad SMARTS) is 1. The molecule has 0 bridgehead atoms. The summed E-state index contributed by atoms with van der Waals surface area (Å²) in [5.74, 6) is -1.59. The monoisotopic (exact) mass is 329 g/mol. The molecule has 0 amide bonds. The molecule has 0 unspecified atom stereocenters. The predicted molar refractivity (Wildman–Crippen MR) is 55.4 cm³/mol. The zero-order chi connectivity index (χ0) is 11.6. The van der Waals surface area contributed by atoms with E-state index in [2.05, 4.69) is 4.98 Å². The predicted octanol–water partition coefficient (Wildman–Crippen LogP) is 2.33. The van der Waals surface area contributed by atoms with Gasteiger partial charge in [-0.2, -0.15) is 0 Å². The van der Waals surface area contributed by atoms with Crippen molar-refractivity contribution < 1.29 is 23.4 Å². The zero-order valence-electron chi connectivity index (χ0n) is 7.50. The number of ether oxygens (including phenoxy) is 1. The van der Waals surface area contributed by atoms with Crippen LogP contribution in [0.2, 0.25) is 0 Å². The minimum Gasteiger partial charge on any atom is -0.496 e. The number of halogens is 3. The van der Waals surface area contributed by atoms with Crippen molar-refractivity contribution in [3.05, 3.63) is 21.0 Å². The number of alkyl halides is 2. The molecule has 15 heavy (non-hydrogen) atoms. The van der Waals surface area contributed by atoms with Crippen LogP contribution in [0.15, 0.2) is 6.07 Å². The second-order valence-corrected chi connectivity index (χ2v) is 3.62. The lowest BCUT2D eigenvalue weighted by Gasteiger charge is -2.09. The zero-order valence-corrected chi connectivity index (χ0v) is 9.66. The minimum absolute atomic E-state index is 0.114. The van der Waals surface area contributed by atoms with E-state index >= 15 is 0 Å². The standard InChI is InChI=1S/C8H6F2INO3/c1-15-3-2-4(11)12-6(7(9)10)5(3)8(13)14/h2,7H,1H3,(H,13,14). The summed E-state index contributed by atoms with van der Waals surface area (Å²) in [6.45, 7) is 0. The molecule has 7 heteroatoms. The molecule has 0 saturated carbocycles. The van der Waals surface area contributed by atoms with E-state index in [0.717, 1.165) is 0 Å². The average molecular weight is 329 g/mol. The molecular weight excluding hydrogens is 323 g/mol. The van der Waals surface area contributed by atoms with Crippen molar-refractivity contribution in [2.45, 2.75) is 6.43 Å². The number of hydrogen-bond donors (Lipinski definition) is 1. The molecule has 82 valence electrons. The summed E-state index contributed by atoms with van der Waals surface area (Å²) in [6, 6.07) is 1.29. The highest BCUT2D eigenvalue weighted by atomic mass is 127. The summed E-state index contributed by atoms with van der Waals surface area (Å²) in [7, 11) is 1.22. The van der Waals surface area contributed by atoms with Crippen molar-refractivity contribution in [1.82, 2.24) is 4.98 Å². The largest absolute Gasteiger partial charge is 0.496 e. The molecule has 1 aromatic heterocycles. The van der Waals surface area contributed by atoms with E-state index in [1.807, 2.05) is 0 Å². The van der Waals surface area contributed by atoms with Gasteiger partial charge in [-0.15, -0.1) is 0 Å². The minimum atomic E-state index is -2.94. The van der Waals surface area contributed by atoms with Crippen molar-refractivity contribution in [2.24, 2.45) is 0 Å². The van der Waals surface area contributed by atoms with Crippen LogP contribution in [0.4, 0.5) is 8.78 Å². The van der Waals surface area contributed by atoms with Gasteiger partial charge in [0.25, 0.3) is 6.43 Å². The number of carbonyl (C=O) groups is 1. The van der Waals surface area contributed by atoms with E-state index in [1.54, 1.807) is 22.6 Å². The summed E-state index contributed by atoms with van der Waals surface area (Å²) >= 11 is 1.71. The van der Waals surface area contributed by atoms with Gasteiger partial charge in [-0.25, -0.2) is 18.6 Å². The van der Waals surface area contributed by atoms with E-state index in [0.29, 0.717) is 0 Å². The molecule has 0 aliphatic carbocycles. The molecule has 1 N–H and O–H groups in total. The van der Waals surface area contributed by atoms with Crippen LogP contribution in [0, 0.1) is 3.70 Å². The number of carboxylic acids is 1. The lowest BCUT2D eigenvalue weighted by atomic mass is 10.2. The van der Waals surface area contributed by atoms with E-state index < -0.39 is 23.7 Å². The fourth-order valence-electron chi connectivity index (χ4n) is 1.04. The van der Waals surface area contributed by atoms with Crippen molar-refractivity contribution in [1.29, 1.82) is 0 Å². The summed E-state index contributed by atoms with van der Waals surface area (Å²) in [5, 5.41) is 8.76. The normalized spacial score (nSPS) is 10.5. The number of aromatic carboxylic acids is 1. The summed E-state index contributed by atoms with van der Waals surface area (Å²) in [5.41, 5.74) is -1.36. The van der Waals surface area contributed by atoms with Crippen LogP contribution >= 0.6 is 22.6 Å². The van der Waals surface area contributed by atoms with Gasteiger partial charge in [0.1, 0.15) is 20.7 Å². The number of nitrogens with zero attached hydrogens (tertiary/aromatic N) is 1. The quantitative estimate of drug-likeness (QED) is 0.683. The molecule has 0 atom stereocenters. The second-order valence-electron chi connectivity index (χ2n) is 2.51. The van der Waals surface area contributed by atoms with Crippen molar-refractivity contribution in [3.63, 3.8) is 0 Å². The smallest absolute Gasteiger partial charge is 0.341 e. The SMILES string of the molecule is COc1cc(I)nc(C(F)F)c1C(=O)O. The Morgan fingerprint density at radius 2 is 2.27 bits per heavy atom. The molecule has 0 fully saturated rings. The first-order valence-corrected chi connectivity index (χ1v) is 4.81. The molecule has 0 aliphatic rings. The summed E-state index contributed by atoms with van der Waals surface area (Å²) in [6.07, 6.45) is -2.94. The third-order valence-electron chi connectivity index (χ3n) is 1.62. The Morgan fingerprint density at radius 1 is 1.67 bits per heavy atom. The fraction of sp³-hybridized carbons (Fsp3) is 0.250. The highest BCUT2D eigenvalue weighted by molar-refractivity contribution is 14.1. The van der Waals surface area contributed by atoms with Crippen molar-refractivity contribution in [2.75, 3.05) is 7.11 Å². The van der Waals surface area contributed by atoms with Crippen molar-refractivity contribution >= 4 is 28.6 Å². The van der Waals surface area contributed by atoms with E-state index in [1.165, 1.54) is 13.2 Å². The second kappa shape index (κ2) is 4.69. The van der Waals surface area contributed by atoms with Gasteiger partial charge < -0.3 is 9.84 Å². The van der Waals surface area contributed by atoms with Gasteiger partial charge in [0, 0.05) is 6.07 Å². The van der Waals surface area contributed by atoms with Gasteiger partial charge >= 0.3 is 5.97 Å². The fourth-order valence-corrected chi connectivity index (χ4v) is 1.59. The number of hydrogen-bond acceptors (Lipinski definition) is 3. The van der Waals surface area contributed by atoms with Gasteiger partial charge in [-0.1, -0.05) is 0 Å². The Kier molecular flexibility index (Phi) is 3.77. The molecule has 1 heterocycles. The Hall–Kier alpha value is -0.990. The van der Waals surface area contributed by atoms with Crippen LogP contribution < -0.4 is 4.74 Å². The molecule has 0 aliphatic heterocycles. The van der Waals surface area contributed by atoms with Gasteiger partial charge in [0.05, 0.1) is 7.11 Å². The van der Waals surface area contributed by atoms with E-state index in [-0.39, 0.29) is 9.45 Å². The van der Waals surface area contributed by atoms with Crippen LogP contribution in [-0.2, 0) is 0 Å². The topological polar surface area (TPSA) is 59.4 Å². The Morgan fingerprint density at radius 3 is 2.67 bits per heavy atom. The van der Waals surface area contributed by atoms with Gasteiger partial charge in [-0.3, -0.25) is 0 Å². The lowest BCUT2D eigenvalue weighted by molar-refractivity contribution is 0.0677. The lowest BCUT2D eigenvalue weighted by Crippen LogP contribution is -2.09. The Balaban J connectivity index is 3.47. The molecule has 1 rings (SSSR count). The number of rotatable bonds is 3. The molecule has 0 radical (unpaired) electrons. The molecule has 0 saturated heterocycles. The third-order valence-corrected chi connectivity index (χ3v) is 2.17. The van der Waals surface area contributed by atoms with Gasteiger partial charge in [0.15, 0.2) is 0 Å².